The summed E-state index contributed by atoms with van der Waals surface area (Å²) in [5, 5.41) is 6.96. The number of carbonyl (C=O) groups excluding carboxylic acids is 1. The third kappa shape index (κ3) is 3.45. The van der Waals surface area contributed by atoms with Crippen molar-refractivity contribution in [3.63, 3.8) is 0 Å². The van der Waals surface area contributed by atoms with Gasteiger partial charge in [0.25, 0.3) is 0 Å². The molecule has 0 radical (unpaired) electrons. The van der Waals surface area contributed by atoms with E-state index in [2.05, 4.69) is 17.1 Å². The number of amides is 2. The summed E-state index contributed by atoms with van der Waals surface area (Å²) in [6.45, 7) is 7.32. The summed E-state index contributed by atoms with van der Waals surface area (Å²) in [6.07, 6.45) is 2.16. The highest BCUT2D eigenvalue weighted by Crippen LogP contribution is 2.33. The van der Waals surface area contributed by atoms with Gasteiger partial charge in [0.05, 0.1) is 12.3 Å². The maximum Gasteiger partial charge on any atom is 0.317 e. The van der Waals surface area contributed by atoms with E-state index in [4.69, 9.17) is 14.3 Å². The molecule has 7 nitrogen and oxygen atoms in total. The Kier molecular flexibility index (Phi) is 4.88. The van der Waals surface area contributed by atoms with Crippen molar-refractivity contribution >= 4 is 11.7 Å². The molecule has 1 aromatic rings. The first-order valence-electron chi connectivity index (χ1n) is 7.97. The molecule has 2 heterocycles. The van der Waals surface area contributed by atoms with Crippen LogP contribution in [0.2, 0.25) is 0 Å². The van der Waals surface area contributed by atoms with E-state index in [0.717, 1.165) is 17.0 Å². The minimum absolute atomic E-state index is 0.127. The molecule has 1 aromatic carbocycles. The van der Waals surface area contributed by atoms with Crippen LogP contribution in [0, 0.1) is 0 Å². The number of rotatable bonds is 6. The number of hydrogen-bond acceptors (Lipinski definition) is 5. The molecule has 3 rings (SSSR count). The van der Waals surface area contributed by atoms with Crippen molar-refractivity contribution in [2.24, 2.45) is 5.16 Å². The molecule has 0 saturated carbocycles. The van der Waals surface area contributed by atoms with Crippen LogP contribution in [0.3, 0.4) is 0 Å². The van der Waals surface area contributed by atoms with E-state index in [1.54, 1.807) is 11.0 Å². The van der Waals surface area contributed by atoms with E-state index >= 15 is 0 Å². The van der Waals surface area contributed by atoms with Gasteiger partial charge in [0.1, 0.15) is 0 Å². The Hall–Kier alpha value is -2.70. The fourth-order valence-electron chi connectivity index (χ4n) is 2.68. The van der Waals surface area contributed by atoms with Crippen molar-refractivity contribution in [3.8, 4) is 11.5 Å². The van der Waals surface area contributed by atoms with E-state index in [1.807, 2.05) is 25.1 Å². The number of urea groups is 1. The summed E-state index contributed by atoms with van der Waals surface area (Å²) in [5.41, 5.74) is 1.78. The van der Waals surface area contributed by atoms with Gasteiger partial charge in [0.15, 0.2) is 17.6 Å². The van der Waals surface area contributed by atoms with Crippen LogP contribution < -0.4 is 14.8 Å². The predicted molar refractivity (Wildman–Crippen MR) is 89.4 cm³/mol. The number of oxime groups is 1. The van der Waals surface area contributed by atoms with Crippen LogP contribution >= 0.6 is 0 Å². The highest BCUT2D eigenvalue weighted by atomic mass is 16.7. The Morgan fingerprint density at radius 3 is 3.08 bits per heavy atom. The molecule has 2 amide bonds. The van der Waals surface area contributed by atoms with Crippen LogP contribution in [0.4, 0.5) is 4.79 Å². The number of fused-ring (bicyclic) bond motifs is 1. The Bertz CT molecular complexity index is 659. The van der Waals surface area contributed by atoms with Crippen molar-refractivity contribution in [2.45, 2.75) is 19.4 Å². The number of carbonyl (C=O) groups is 1. The lowest BCUT2D eigenvalue weighted by molar-refractivity contribution is 0.0630. The molecule has 2 aliphatic heterocycles. The summed E-state index contributed by atoms with van der Waals surface area (Å²) in [7, 11) is 0. The van der Waals surface area contributed by atoms with Crippen LogP contribution in [-0.2, 0) is 4.84 Å². The Labute approximate surface area is 140 Å². The van der Waals surface area contributed by atoms with E-state index < -0.39 is 0 Å². The van der Waals surface area contributed by atoms with Gasteiger partial charge in [-0.05, 0) is 25.1 Å². The van der Waals surface area contributed by atoms with Gasteiger partial charge >= 0.3 is 6.03 Å². The fourth-order valence-corrected chi connectivity index (χ4v) is 2.68. The maximum atomic E-state index is 12.0. The lowest BCUT2D eigenvalue weighted by Crippen LogP contribution is -2.43. The molecule has 0 aromatic heterocycles. The van der Waals surface area contributed by atoms with Crippen molar-refractivity contribution < 1.29 is 19.1 Å². The average Bonchev–Trinajstić information content (AvgIpc) is 3.23. The normalized spacial score (nSPS) is 17.9. The van der Waals surface area contributed by atoms with Gasteiger partial charge in [0.2, 0.25) is 6.79 Å². The molecule has 2 aliphatic rings. The molecule has 128 valence electrons. The van der Waals surface area contributed by atoms with Crippen LogP contribution in [-0.4, -0.2) is 49.2 Å². The second kappa shape index (κ2) is 7.25. The van der Waals surface area contributed by atoms with Gasteiger partial charge in [-0.15, -0.1) is 6.58 Å². The van der Waals surface area contributed by atoms with Gasteiger partial charge in [-0.2, -0.15) is 0 Å². The standard InChI is InChI=1S/C17H21N3O4/c1-3-7-20(17(21)18-4-2)10-13-9-14(19-24-13)12-5-6-15-16(8-12)23-11-22-15/h3,5-6,8,13H,1,4,7,9-11H2,2H3,(H,18,21). The second-order valence-electron chi connectivity index (χ2n) is 5.57. The Morgan fingerprint density at radius 2 is 2.29 bits per heavy atom. The van der Waals surface area contributed by atoms with E-state index in [9.17, 15) is 4.79 Å². The molecule has 1 atom stereocenters. The monoisotopic (exact) mass is 331 g/mol. The highest BCUT2D eigenvalue weighted by molar-refractivity contribution is 6.01. The summed E-state index contributed by atoms with van der Waals surface area (Å²) in [6, 6.07) is 5.57. The van der Waals surface area contributed by atoms with Crippen molar-refractivity contribution in [1.29, 1.82) is 0 Å². The van der Waals surface area contributed by atoms with Gasteiger partial charge in [-0.1, -0.05) is 11.2 Å². The SMILES string of the molecule is C=CCN(CC1CC(c2ccc3c(c2)OCO3)=NO1)C(=O)NCC. The zero-order valence-electron chi connectivity index (χ0n) is 13.7. The summed E-state index contributed by atoms with van der Waals surface area (Å²) in [5.74, 6) is 1.46. The minimum atomic E-state index is -0.173. The lowest BCUT2D eigenvalue weighted by Gasteiger charge is -2.23. The topological polar surface area (TPSA) is 72.4 Å². The highest BCUT2D eigenvalue weighted by Gasteiger charge is 2.27. The van der Waals surface area contributed by atoms with Crippen LogP contribution in [0.15, 0.2) is 36.0 Å². The number of nitrogens with zero attached hydrogens (tertiary/aromatic N) is 2. The lowest BCUT2D eigenvalue weighted by atomic mass is 10.0. The van der Waals surface area contributed by atoms with Gasteiger partial charge in [-0.3, -0.25) is 0 Å². The fraction of sp³-hybridized carbons (Fsp3) is 0.412. The van der Waals surface area contributed by atoms with Gasteiger partial charge < -0.3 is 24.5 Å². The minimum Gasteiger partial charge on any atom is -0.454 e. The average molecular weight is 331 g/mol. The third-order valence-corrected chi connectivity index (χ3v) is 3.83. The van der Waals surface area contributed by atoms with Crippen LogP contribution in [0.25, 0.3) is 0 Å². The number of nitrogens with one attached hydrogen (secondary N) is 1. The Balaban J connectivity index is 1.61. The first kappa shape index (κ1) is 16.2. The molecule has 0 fully saturated rings. The van der Waals surface area contributed by atoms with E-state index in [-0.39, 0.29) is 18.9 Å². The molecular formula is C17H21N3O4. The molecule has 1 unspecified atom stereocenters. The van der Waals surface area contributed by atoms with Crippen LogP contribution in [0.1, 0.15) is 18.9 Å². The molecule has 0 spiro atoms. The Morgan fingerprint density at radius 1 is 1.46 bits per heavy atom. The van der Waals surface area contributed by atoms with Crippen molar-refractivity contribution in [3.05, 3.63) is 36.4 Å². The quantitative estimate of drug-likeness (QED) is 0.811. The third-order valence-electron chi connectivity index (χ3n) is 3.83. The second-order valence-corrected chi connectivity index (χ2v) is 5.57. The zero-order chi connectivity index (χ0) is 16.9. The summed E-state index contributed by atoms with van der Waals surface area (Å²) >= 11 is 0. The molecule has 0 saturated heterocycles. The molecule has 0 aliphatic carbocycles. The zero-order valence-corrected chi connectivity index (χ0v) is 13.7. The van der Waals surface area contributed by atoms with Crippen molar-refractivity contribution in [1.82, 2.24) is 10.2 Å². The molecule has 7 heteroatoms. The van der Waals surface area contributed by atoms with E-state index in [0.29, 0.717) is 31.8 Å². The first-order chi connectivity index (χ1) is 11.7. The van der Waals surface area contributed by atoms with Crippen molar-refractivity contribution in [2.75, 3.05) is 26.4 Å². The largest absolute Gasteiger partial charge is 0.454 e. The summed E-state index contributed by atoms with van der Waals surface area (Å²) in [4.78, 5) is 19.2. The number of hydrogen-bond donors (Lipinski definition) is 1. The first-order valence-corrected chi connectivity index (χ1v) is 7.97. The smallest absolute Gasteiger partial charge is 0.317 e. The molecule has 24 heavy (non-hydrogen) atoms. The molecule has 1 N–H and O–H groups in total. The number of benzene rings is 1. The molecule has 0 bridgehead atoms. The maximum absolute atomic E-state index is 12.0. The van der Waals surface area contributed by atoms with E-state index in [1.165, 1.54) is 0 Å². The molecular weight excluding hydrogens is 310 g/mol. The number of ether oxygens (including phenoxy) is 2. The van der Waals surface area contributed by atoms with Crippen LogP contribution in [0.5, 0.6) is 11.5 Å². The predicted octanol–water partition coefficient (Wildman–Crippen LogP) is 2.13. The van der Waals surface area contributed by atoms with Gasteiger partial charge in [0, 0.05) is 25.1 Å². The summed E-state index contributed by atoms with van der Waals surface area (Å²) < 4.78 is 10.7. The van der Waals surface area contributed by atoms with Gasteiger partial charge in [-0.25, -0.2) is 4.79 Å².